The van der Waals surface area contributed by atoms with Gasteiger partial charge >= 0.3 is 5.69 Å². The van der Waals surface area contributed by atoms with Crippen LogP contribution in [0.5, 0.6) is 5.75 Å². The molecule has 1 fully saturated rings. The van der Waals surface area contributed by atoms with E-state index in [4.69, 9.17) is 15.2 Å². The van der Waals surface area contributed by atoms with Crippen molar-refractivity contribution in [2.45, 2.75) is 38.3 Å². The average molecular weight is 280 g/mol. The van der Waals surface area contributed by atoms with Crippen molar-refractivity contribution in [1.29, 1.82) is 0 Å². The number of ether oxygens (including phenoxy) is 2. The number of rotatable bonds is 7. The van der Waals surface area contributed by atoms with Crippen LogP contribution in [0.15, 0.2) is 18.2 Å². The van der Waals surface area contributed by atoms with E-state index in [1.807, 2.05) is 0 Å². The van der Waals surface area contributed by atoms with E-state index >= 15 is 0 Å². The second kappa shape index (κ2) is 7.21. The van der Waals surface area contributed by atoms with Gasteiger partial charge in [0.05, 0.1) is 17.6 Å². The van der Waals surface area contributed by atoms with Crippen molar-refractivity contribution < 1.29 is 14.4 Å². The fourth-order valence-electron chi connectivity index (χ4n) is 2.32. The summed E-state index contributed by atoms with van der Waals surface area (Å²) in [6, 6.07) is 4.74. The molecule has 1 aliphatic rings. The molecule has 0 spiro atoms. The first-order valence-corrected chi connectivity index (χ1v) is 6.92. The van der Waals surface area contributed by atoms with Crippen molar-refractivity contribution in [2.24, 2.45) is 5.73 Å². The Kier molecular flexibility index (Phi) is 5.31. The highest BCUT2D eigenvalue weighted by atomic mass is 16.6. The van der Waals surface area contributed by atoms with Gasteiger partial charge in [0.15, 0.2) is 5.75 Å². The van der Waals surface area contributed by atoms with Crippen molar-refractivity contribution in [3.05, 3.63) is 33.9 Å². The number of nitrogens with two attached hydrogens (primary N) is 1. The zero-order valence-electron chi connectivity index (χ0n) is 11.4. The molecule has 0 radical (unpaired) electrons. The number of nitro groups is 1. The molecule has 1 aromatic rings. The topological polar surface area (TPSA) is 87.6 Å². The highest BCUT2D eigenvalue weighted by molar-refractivity contribution is 5.48. The van der Waals surface area contributed by atoms with E-state index in [1.165, 1.54) is 6.07 Å². The van der Waals surface area contributed by atoms with E-state index in [1.54, 1.807) is 12.1 Å². The number of benzene rings is 1. The van der Waals surface area contributed by atoms with Gasteiger partial charge in [-0.15, -0.1) is 0 Å². The van der Waals surface area contributed by atoms with Crippen molar-refractivity contribution >= 4 is 5.69 Å². The third kappa shape index (κ3) is 3.91. The fourth-order valence-corrected chi connectivity index (χ4v) is 2.32. The monoisotopic (exact) mass is 280 g/mol. The van der Waals surface area contributed by atoms with Crippen molar-refractivity contribution in [2.75, 3.05) is 13.2 Å². The minimum atomic E-state index is -0.435. The summed E-state index contributed by atoms with van der Waals surface area (Å²) >= 11 is 0. The molecule has 0 aromatic heterocycles. The molecule has 0 aliphatic carbocycles. The van der Waals surface area contributed by atoms with Crippen LogP contribution in [0.3, 0.4) is 0 Å². The molecule has 6 nitrogen and oxygen atoms in total. The minimum Gasteiger partial charge on any atom is -0.487 e. The SMILES string of the molecule is NCc1ccc([N+](=O)[O-])c(OCCCC2CCCO2)c1. The third-order valence-corrected chi connectivity index (χ3v) is 3.41. The van der Waals surface area contributed by atoms with Crippen molar-refractivity contribution in [3.8, 4) is 5.75 Å². The summed E-state index contributed by atoms with van der Waals surface area (Å²) in [4.78, 5) is 10.5. The Bertz CT molecular complexity index is 458. The maximum atomic E-state index is 10.9. The number of nitrogens with zero attached hydrogens (tertiary/aromatic N) is 1. The molecule has 1 unspecified atom stereocenters. The Morgan fingerprint density at radius 1 is 1.50 bits per heavy atom. The molecule has 1 saturated heterocycles. The van der Waals surface area contributed by atoms with E-state index in [2.05, 4.69) is 0 Å². The van der Waals surface area contributed by atoms with Gasteiger partial charge < -0.3 is 15.2 Å². The van der Waals surface area contributed by atoms with Gasteiger partial charge in [0, 0.05) is 19.2 Å². The van der Waals surface area contributed by atoms with Gasteiger partial charge in [-0.05, 0) is 37.3 Å². The minimum absolute atomic E-state index is 0.0145. The second-order valence-corrected chi connectivity index (χ2v) is 4.89. The molecular formula is C14H20N2O4. The summed E-state index contributed by atoms with van der Waals surface area (Å²) in [6.45, 7) is 1.63. The summed E-state index contributed by atoms with van der Waals surface area (Å²) in [5.41, 5.74) is 6.35. The van der Waals surface area contributed by atoms with Crippen molar-refractivity contribution in [3.63, 3.8) is 0 Å². The van der Waals surface area contributed by atoms with Crippen LogP contribution in [0.1, 0.15) is 31.2 Å². The molecule has 0 amide bonds. The maximum Gasteiger partial charge on any atom is 0.310 e. The predicted molar refractivity (Wildman–Crippen MR) is 74.7 cm³/mol. The standard InChI is InChI=1S/C14H20N2O4/c15-10-11-5-6-13(16(17)18)14(9-11)20-8-2-4-12-3-1-7-19-12/h5-6,9,12H,1-4,7-8,10,15H2. The van der Waals surface area contributed by atoms with Crippen LogP contribution >= 0.6 is 0 Å². The smallest absolute Gasteiger partial charge is 0.310 e. The number of hydrogen-bond acceptors (Lipinski definition) is 5. The van der Waals surface area contributed by atoms with Crippen LogP contribution in [0, 0.1) is 10.1 Å². The first kappa shape index (κ1) is 14.7. The van der Waals surface area contributed by atoms with Gasteiger partial charge in [0.2, 0.25) is 0 Å². The van der Waals surface area contributed by atoms with Gasteiger partial charge in [-0.3, -0.25) is 10.1 Å². The Balaban J connectivity index is 1.88. The van der Waals surface area contributed by atoms with Crippen LogP contribution in [-0.4, -0.2) is 24.2 Å². The van der Waals surface area contributed by atoms with E-state index < -0.39 is 4.92 Å². The Morgan fingerprint density at radius 3 is 3.00 bits per heavy atom. The summed E-state index contributed by atoms with van der Waals surface area (Å²) in [5.74, 6) is 0.297. The molecule has 1 aliphatic heterocycles. The van der Waals surface area contributed by atoms with E-state index in [9.17, 15) is 10.1 Å². The Labute approximate surface area is 118 Å². The second-order valence-electron chi connectivity index (χ2n) is 4.89. The molecule has 2 N–H and O–H groups in total. The highest BCUT2D eigenvalue weighted by Crippen LogP contribution is 2.28. The summed E-state index contributed by atoms with van der Waals surface area (Å²) in [7, 11) is 0. The van der Waals surface area contributed by atoms with Crippen LogP contribution in [0.25, 0.3) is 0 Å². The van der Waals surface area contributed by atoms with Gasteiger partial charge in [0.25, 0.3) is 0 Å². The summed E-state index contributed by atoms with van der Waals surface area (Å²) < 4.78 is 11.1. The van der Waals surface area contributed by atoms with Crippen LogP contribution in [-0.2, 0) is 11.3 Å². The van der Waals surface area contributed by atoms with Gasteiger partial charge in [-0.25, -0.2) is 0 Å². The quantitative estimate of drug-likeness (QED) is 0.470. The largest absolute Gasteiger partial charge is 0.487 e. The van der Waals surface area contributed by atoms with E-state index in [-0.39, 0.29) is 5.69 Å². The first-order chi connectivity index (χ1) is 9.70. The number of hydrogen-bond donors (Lipinski definition) is 1. The zero-order valence-corrected chi connectivity index (χ0v) is 11.4. The molecule has 20 heavy (non-hydrogen) atoms. The van der Waals surface area contributed by atoms with Crippen LogP contribution in [0.2, 0.25) is 0 Å². The Morgan fingerprint density at radius 2 is 2.35 bits per heavy atom. The van der Waals surface area contributed by atoms with Gasteiger partial charge in [0.1, 0.15) is 0 Å². The molecule has 1 atom stereocenters. The predicted octanol–water partition coefficient (Wildman–Crippen LogP) is 2.39. The molecule has 2 rings (SSSR count). The first-order valence-electron chi connectivity index (χ1n) is 6.92. The summed E-state index contributed by atoms with van der Waals surface area (Å²) in [5, 5.41) is 10.9. The highest BCUT2D eigenvalue weighted by Gasteiger charge is 2.17. The summed E-state index contributed by atoms with van der Waals surface area (Å²) in [6.07, 6.45) is 4.31. The lowest BCUT2D eigenvalue weighted by Gasteiger charge is -2.11. The molecule has 6 heteroatoms. The fraction of sp³-hybridized carbons (Fsp3) is 0.571. The van der Waals surface area contributed by atoms with E-state index in [0.29, 0.717) is 25.0 Å². The lowest BCUT2D eigenvalue weighted by molar-refractivity contribution is -0.385. The average Bonchev–Trinajstić information content (AvgIpc) is 2.96. The molecule has 0 saturated carbocycles. The molecular weight excluding hydrogens is 260 g/mol. The Hall–Kier alpha value is -1.66. The molecule has 1 aromatic carbocycles. The van der Waals surface area contributed by atoms with Crippen molar-refractivity contribution in [1.82, 2.24) is 0 Å². The van der Waals surface area contributed by atoms with Gasteiger partial charge in [-0.1, -0.05) is 6.07 Å². The third-order valence-electron chi connectivity index (χ3n) is 3.41. The zero-order chi connectivity index (χ0) is 14.4. The van der Waals surface area contributed by atoms with E-state index in [0.717, 1.165) is 37.9 Å². The molecule has 110 valence electrons. The van der Waals surface area contributed by atoms with Crippen LogP contribution < -0.4 is 10.5 Å². The lowest BCUT2D eigenvalue weighted by Crippen LogP contribution is -2.08. The number of nitro benzene ring substituents is 1. The maximum absolute atomic E-state index is 10.9. The molecule has 0 bridgehead atoms. The molecule has 1 heterocycles. The van der Waals surface area contributed by atoms with Gasteiger partial charge in [-0.2, -0.15) is 0 Å². The lowest BCUT2D eigenvalue weighted by atomic mass is 10.1. The van der Waals surface area contributed by atoms with Crippen LogP contribution in [0.4, 0.5) is 5.69 Å². The normalized spacial score (nSPS) is 18.1.